The molecule has 0 aromatic carbocycles. The Bertz CT molecular complexity index is 332. The van der Waals surface area contributed by atoms with Gasteiger partial charge >= 0.3 is 0 Å². The largest absolute Gasteiger partial charge is 0.394 e. The van der Waals surface area contributed by atoms with Crippen LogP contribution in [0, 0.1) is 11.3 Å². The molecule has 1 heterocycles. The van der Waals surface area contributed by atoms with Crippen molar-refractivity contribution in [3.8, 4) is 0 Å². The molecular formula is C13H21NO3. The van der Waals surface area contributed by atoms with Crippen molar-refractivity contribution < 1.29 is 14.7 Å². The van der Waals surface area contributed by atoms with E-state index in [0.29, 0.717) is 12.5 Å². The number of Topliss-reactive ketones (excluding diaryl/α,β-unsaturated/α-hetero) is 1. The molecule has 1 amide bonds. The number of β-lactam (4-membered cyclic amide) rings is 1. The van der Waals surface area contributed by atoms with Gasteiger partial charge in [0.1, 0.15) is 6.04 Å². The molecule has 1 saturated carbocycles. The second-order valence-electron chi connectivity index (χ2n) is 5.70. The fraction of sp³-hybridized carbons (Fsp3) is 0.846. The molecule has 1 unspecified atom stereocenters. The van der Waals surface area contributed by atoms with Crippen LogP contribution in [0.2, 0.25) is 0 Å². The molecule has 1 aliphatic carbocycles. The van der Waals surface area contributed by atoms with Crippen LogP contribution in [-0.2, 0) is 9.59 Å². The maximum absolute atomic E-state index is 12.2. The lowest BCUT2D eigenvalue weighted by molar-refractivity contribution is -0.172. The van der Waals surface area contributed by atoms with Gasteiger partial charge in [-0.15, -0.1) is 0 Å². The minimum atomic E-state index is -0.618. The molecule has 0 radical (unpaired) electrons. The Kier molecular flexibility index (Phi) is 3.25. The lowest BCUT2D eigenvalue weighted by Gasteiger charge is -2.53. The second-order valence-corrected chi connectivity index (χ2v) is 5.70. The van der Waals surface area contributed by atoms with Crippen molar-refractivity contribution in [2.45, 2.75) is 45.6 Å². The summed E-state index contributed by atoms with van der Waals surface area (Å²) in [6, 6.07) is -0.618. The first kappa shape index (κ1) is 12.6. The fourth-order valence-electron chi connectivity index (χ4n) is 3.06. The highest BCUT2D eigenvalue weighted by Crippen LogP contribution is 2.47. The third-order valence-electron chi connectivity index (χ3n) is 4.44. The summed E-state index contributed by atoms with van der Waals surface area (Å²) in [5.74, 6) is 0.669. The maximum Gasteiger partial charge on any atom is 0.231 e. The molecule has 2 fully saturated rings. The summed E-state index contributed by atoms with van der Waals surface area (Å²) >= 11 is 0. The Labute approximate surface area is 102 Å². The number of hydrogen-bond donors (Lipinski definition) is 1. The van der Waals surface area contributed by atoms with Gasteiger partial charge in [0.15, 0.2) is 5.78 Å². The standard InChI is InChI=1S/C13H21NO3/c1-9-3-5-13(6-4-9)8-14(12(13)17)11(7-15)10(2)16/h9,11,15H,3-8H2,1-2H3. The number of ketones is 1. The molecule has 2 aliphatic rings. The molecule has 0 aromatic rings. The normalized spacial score (nSPS) is 34.6. The molecule has 17 heavy (non-hydrogen) atoms. The van der Waals surface area contributed by atoms with E-state index in [1.165, 1.54) is 6.92 Å². The van der Waals surface area contributed by atoms with E-state index in [0.717, 1.165) is 25.7 Å². The maximum atomic E-state index is 12.2. The van der Waals surface area contributed by atoms with Gasteiger partial charge in [-0.1, -0.05) is 6.92 Å². The summed E-state index contributed by atoms with van der Waals surface area (Å²) in [6.45, 7) is 4.05. The van der Waals surface area contributed by atoms with E-state index >= 15 is 0 Å². The van der Waals surface area contributed by atoms with Crippen LogP contribution < -0.4 is 0 Å². The van der Waals surface area contributed by atoms with Crippen molar-refractivity contribution in [1.82, 2.24) is 4.90 Å². The van der Waals surface area contributed by atoms with Gasteiger partial charge in [-0.05, 0) is 38.5 Å². The summed E-state index contributed by atoms with van der Waals surface area (Å²) in [4.78, 5) is 25.1. The SMILES string of the molecule is CC(=O)C(CO)N1CC2(CCC(C)CC2)C1=O. The van der Waals surface area contributed by atoms with Gasteiger partial charge in [0.2, 0.25) is 5.91 Å². The first-order valence-corrected chi connectivity index (χ1v) is 6.42. The summed E-state index contributed by atoms with van der Waals surface area (Å²) in [6.07, 6.45) is 4.09. The molecule has 4 nitrogen and oxygen atoms in total. The number of hydrogen-bond acceptors (Lipinski definition) is 3. The highest BCUT2D eigenvalue weighted by molar-refractivity contribution is 5.94. The molecule has 0 aromatic heterocycles. The highest BCUT2D eigenvalue weighted by Gasteiger charge is 2.55. The van der Waals surface area contributed by atoms with Crippen LogP contribution in [0.25, 0.3) is 0 Å². The van der Waals surface area contributed by atoms with Crippen LogP contribution in [0.1, 0.15) is 39.5 Å². The van der Waals surface area contributed by atoms with Crippen LogP contribution in [0.15, 0.2) is 0 Å². The molecule has 0 bridgehead atoms. The van der Waals surface area contributed by atoms with Crippen molar-refractivity contribution >= 4 is 11.7 Å². The minimum absolute atomic E-state index is 0.0821. The lowest BCUT2D eigenvalue weighted by Crippen LogP contribution is -2.67. The molecule has 1 spiro atoms. The zero-order valence-electron chi connectivity index (χ0n) is 10.6. The van der Waals surface area contributed by atoms with Crippen LogP contribution >= 0.6 is 0 Å². The number of nitrogens with zero attached hydrogens (tertiary/aromatic N) is 1. The monoisotopic (exact) mass is 239 g/mol. The van der Waals surface area contributed by atoms with E-state index in [9.17, 15) is 9.59 Å². The number of aliphatic hydroxyl groups is 1. The third-order valence-corrected chi connectivity index (χ3v) is 4.44. The molecule has 4 heteroatoms. The van der Waals surface area contributed by atoms with E-state index in [1.54, 1.807) is 4.90 Å². The predicted molar refractivity (Wildman–Crippen MR) is 63.3 cm³/mol. The number of carbonyl (C=O) groups is 2. The minimum Gasteiger partial charge on any atom is -0.394 e. The first-order valence-electron chi connectivity index (χ1n) is 6.42. The Balaban J connectivity index is 2.01. The molecule has 1 aliphatic heterocycles. The quantitative estimate of drug-likeness (QED) is 0.747. The Morgan fingerprint density at radius 3 is 2.53 bits per heavy atom. The molecule has 96 valence electrons. The number of aliphatic hydroxyl groups excluding tert-OH is 1. The van der Waals surface area contributed by atoms with E-state index < -0.39 is 6.04 Å². The molecule has 1 atom stereocenters. The average molecular weight is 239 g/mol. The van der Waals surface area contributed by atoms with E-state index in [1.807, 2.05) is 0 Å². The Morgan fingerprint density at radius 2 is 2.12 bits per heavy atom. The predicted octanol–water partition coefficient (Wildman–Crippen LogP) is 0.975. The van der Waals surface area contributed by atoms with Gasteiger partial charge in [0.05, 0.1) is 12.0 Å². The van der Waals surface area contributed by atoms with E-state index in [-0.39, 0.29) is 23.7 Å². The Morgan fingerprint density at radius 1 is 1.53 bits per heavy atom. The van der Waals surface area contributed by atoms with Crippen LogP contribution in [-0.4, -0.2) is 40.9 Å². The second kappa shape index (κ2) is 4.41. The van der Waals surface area contributed by atoms with Crippen LogP contribution in [0.4, 0.5) is 0 Å². The number of rotatable bonds is 3. The van der Waals surface area contributed by atoms with Crippen LogP contribution in [0.3, 0.4) is 0 Å². The van der Waals surface area contributed by atoms with Crippen LogP contribution in [0.5, 0.6) is 0 Å². The van der Waals surface area contributed by atoms with Gasteiger partial charge in [0, 0.05) is 6.54 Å². The zero-order valence-corrected chi connectivity index (χ0v) is 10.6. The average Bonchev–Trinajstić information content (AvgIpc) is 2.30. The van der Waals surface area contributed by atoms with Gasteiger partial charge < -0.3 is 10.0 Å². The summed E-state index contributed by atoms with van der Waals surface area (Å²) in [5.41, 5.74) is -0.199. The number of carbonyl (C=O) groups excluding carboxylic acids is 2. The summed E-state index contributed by atoms with van der Waals surface area (Å²) in [7, 11) is 0. The molecular weight excluding hydrogens is 218 g/mol. The van der Waals surface area contributed by atoms with E-state index in [4.69, 9.17) is 5.11 Å². The highest BCUT2D eigenvalue weighted by atomic mass is 16.3. The van der Waals surface area contributed by atoms with Gasteiger partial charge in [-0.25, -0.2) is 0 Å². The number of amides is 1. The number of likely N-dealkylation sites (tertiary alicyclic amines) is 1. The topological polar surface area (TPSA) is 57.6 Å². The van der Waals surface area contributed by atoms with Crippen molar-refractivity contribution in [3.05, 3.63) is 0 Å². The smallest absolute Gasteiger partial charge is 0.231 e. The van der Waals surface area contributed by atoms with E-state index in [2.05, 4.69) is 6.92 Å². The van der Waals surface area contributed by atoms with Crippen molar-refractivity contribution in [2.24, 2.45) is 11.3 Å². The summed E-state index contributed by atoms with van der Waals surface area (Å²) in [5, 5.41) is 9.16. The van der Waals surface area contributed by atoms with Gasteiger partial charge in [-0.2, -0.15) is 0 Å². The van der Waals surface area contributed by atoms with Gasteiger partial charge in [0.25, 0.3) is 0 Å². The first-order chi connectivity index (χ1) is 8.00. The van der Waals surface area contributed by atoms with Crippen molar-refractivity contribution in [2.75, 3.05) is 13.2 Å². The fourth-order valence-corrected chi connectivity index (χ4v) is 3.06. The van der Waals surface area contributed by atoms with Crippen molar-refractivity contribution in [1.29, 1.82) is 0 Å². The molecule has 2 rings (SSSR count). The van der Waals surface area contributed by atoms with Crippen molar-refractivity contribution in [3.63, 3.8) is 0 Å². The van der Waals surface area contributed by atoms with Gasteiger partial charge in [-0.3, -0.25) is 9.59 Å². The molecule has 1 N–H and O–H groups in total. The zero-order chi connectivity index (χ0) is 12.6. The third kappa shape index (κ3) is 1.99. The lowest BCUT2D eigenvalue weighted by atomic mass is 9.65. The summed E-state index contributed by atoms with van der Waals surface area (Å²) < 4.78 is 0. The molecule has 1 saturated heterocycles. The Hall–Kier alpha value is -0.900.